The van der Waals surface area contributed by atoms with E-state index in [1.165, 1.54) is 0 Å². The van der Waals surface area contributed by atoms with Gasteiger partial charge in [0.05, 0.1) is 5.02 Å². The Morgan fingerprint density at radius 2 is 1.94 bits per heavy atom. The smallest absolute Gasteiger partial charge is 0.144 e. The van der Waals surface area contributed by atoms with Gasteiger partial charge in [0.25, 0.3) is 0 Å². The van der Waals surface area contributed by atoms with Gasteiger partial charge in [0.1, 0.15) is 5.82 Å². The summed E-state index contributed by atoms with van der Waals surface area (Å²) in [7, 11) is 0. The largest absolute Gasteiger partial charge is 0.314 e. The number of halogens is 2. The second kappa shape index (κ2) is 7.10. The third-order valence-electron chi connectivity index (χ3n) is 3.51. The minimum absolute atomic E-state index is 0.214. The SMILES string of the molecule is CCNC(C)C(Cc1cccc(Cl)c1F)C(C)C. The van der Waals surface area contributed by atoms with Gasteiger partial charge in [-0.1, -0.05) is 44.5 Å². The quantitative estimate of drug-likeness (QED) is 0.814. The predicted molar refractivity (Wildman–Crippen MR) is 76.6 cm³/mol. The normalized spacial score (nSPS) is 14.8. The standard InChI is InChI=1S/C15H23ClFN/c1-5-18-11(4)13(10(2)3)9-12-7-6-8-14(16)15(12)17/h6-8,10-11,13,18H,5,9H2,1-4H3. The van der Waals surface area contributed by atoms with Crippen LogP contribution < -0.4 is 5.32 Å². The van der Waals surface area contributed by atoms with Crippen LogP contribution in [0.1, 0.15) is 33.3 Å². The lowest BCUT2D eigenvalue weighted by Crippen LogP contribution is -2.37. The zero-order chi connectivity index (χ0) is 13.7. The summed E-state index contributed by atoms with van der Waals surface area (Å²) in [6.45, 7) is 9.55. The molecule has 0 saturated heterocycles. The van der Waals surface area contributed by atoms with Crippen LogP contribution >= 0.6 is 11.6 Å². The molecule has 0 aromatic heterocycles. The van der Waals surface area contributed by atoms with Crippen LogP contribution in [-0.4, -0.2) is 12.6 Å². The van der Waals surface area contributed by atoms with Crippen LogP contribution in [0.15, 0.2) is 18.2 Å². The maximum Gasteiger partial charge on any atom is 0.144 e. The summed E-state index contributed by atoms with van der Waals surface area (Å²) in [6.07, 6.45) is 0.720. The molecule has 0 radical (unpaired) electrons. The molecular formula is C15H23ClFN. The molecule has 0 aliphatic rings. The molecule has 1 aromatic rings. The van der Waals surface area contributed by atoms with Crippen LogP contribution in [0.5, 0.6) is 0 Å². The Kier molecular flexibility index (Phi) is 6.10. The van der Waals surface area contributed by atoms with Gasteiger partial charge in [-0.2, -0.15) is 0 Å². The van der Waals surface area contributed by atoms with Gasteiger partial charge < -0.3 is 5.32 Å². The average molecular weight is 272 g/mol. The minimum Gasteiger partial charge on any atom is -0.314 e. The molecule has 1 rings (SSSR count). The molecule has 0 spiro atoms. The third kappa shape index (κ3) is 3.96. The summed E-state index contributed by atoms with van der Waals surface area (Å²) in [5, 5.41) is 3.64. The first kappa shape index (κ1) is 15.5. The van der Waals surface area contributed by atoms with Crippen molar-refractivity contribution in [3.63, 3.8) is 0 Å². The van der Waals surface area contributed by atoms with Crippen LogP contribution in [0.4, 0.5) is 4.39 Å². The second-order valence-corrected chi connectivity index (χ2v) is 5.58. The first-order chi connectivity index (χ1) is 8.47. The van der Waals surface area contributed by atoms with E-state index >= 15 is 0 Å². The van der Waals surface area contributed by atoms with Crippen molar-refractivity contribution in [2.45, 2.75) is 40.2 Å². The van der Waals surface area contributed by atoms with Crippen molar-refractivity contribution in [3.8, 4) is 0 Å². The Labute approximate surface area is 115 Å². The first-order valence-corrected chi connectivity index (χ1v) is 7.01. The molecule has 0 saturated carbocycles. The van der Waals surface area contributed by atoms with E-state index in [1.807, 2.05) is 12.1 Å². The van der Waals surface area contributed by atoms with E-state index < -0.39 is 0 Å². The zero-order valence-corrected chi connectivity index (χ0v) is 12.4. The fourth-order valence-electron chi connectivity index (χ4n) is 2.42. The molecule has 0 heterocycles. The van der Waals surface area contributed by atoms with Gasteiger partial charge in [-0.3, -0.25) is 0 Å². The molecule has 0 bridgehead atoms. The molecule has 2 unspecified atom stereocenters. The average Bonchev–Trinajstić information content (AvgIpc) is 2.30. The highest BCUT2D eigenvalue weighted by atomic mass is 35.5. The Bertz CT molecular complexity index is 379. The van der Waals surface area contributed by atoms with Crippen LogP contribution in [0.25, 0.3) is 0 Å². The lowest BCUT2D eigenvalue weighted by Gasteiger charge is -2.28. The molecular weight excluding hydrogens is 249 g/mol. The number of hydrogen-bond acceptors (Lipinski definition) is 1. The van der Waals surface area contributed by atoms with Gasteiger partial charge in [-0.05, 0) is 43.4 Å². The van der Waals surface area contributed by atoms with Crippen molar-refractivity contribution in [1.82, 2.24) is 5.32 Å². The van der Waals surface area contributed by atoms with E-state index in [4.69, 9.17) is 11.6 Å². The van der Waals surface area contributed by atoms with Gasteiger partial charge in [-0.15, -0.1) is 0 Å². The summed E-state index contributed by atoms with van der Waals surface area (Å²) < 4.78 is 13.9. The van der Waals surface area contributed by atoms with Crippen molar-refractivity contribution in [1.29, 1.82) is 0 Å². The fourth-order valence-corrected chi connectivity index (χ4v) is 2.62. The van der Waals surface area contributed by atoms with Gasteiger partial charge in [0, 0.05) is 6.04 Å². The topological polar surface area (TPSA) is 12.0 Å². The van der Waals surface area contributed by atoms with Crippen molar-refractivity contribution in [3.05, 3.63) is 34.6 Å². The van der Waals surface area contributed by atoms with Crippen LogP contribution in [-0.2, 0) is 6.42 Å². The highest BCUT2D eigenvalue weighted by Crippen LogP contribution is 2.25. The lowest BCUT2D eigenvalue weighted by molar-refractivity contribution is 0.289. The molecule has 1 N–H and O–H groups in total. The molecule has 0 amide bonds. The van der Waals surface area contributed by atoms with E-state index in [0.717, 1.165) is 13.0 Å². The molecule has 1 aromatic carbocycles. The monoisotopic (exact) mass is 271 g/mol. The predicted octanol–water partition coefficient (Wildman–Crippen LogP) is 4.29. The van der Waals surface area contributed by atoms with E-state index in [-0.39, 0.29) is 10.8 Å². The maximum atomic E-state index is 13.9. The molecule has 0 fully saturated rings. The van der Waals surface area contributed by atoms with Crippen molar-refractivity contribution >= 4 is 11.6 Å². The van der Waals surface area contributed by atoms with Gasteiger partial charge in [-0.25, -0.2) is 4.39 Å². The summed E-state index contributed by atoms with van der Waals surface area (Å²) in [5.74, 6) is 0.629. The fraction of sp³-hybridized carbons (Fsp3) is 0.600. The van der Waals surface area contributed by atoms with E-state index in [2.05, 4.69) is 33.0 Å². The van der Waals surface area contributed by atoms with Crippen LogP contribution in [0, 0.1) is 17.7 Å². The molecule has 1 nitrogen and oxygen atoms in total. The maximum absolute atomic E-state index is 13.9. The van der Waals surface area contributed by atoms with E-state index in [9.17, 15) is 4.39 Å². The Hall–Kier alpha value is -0.600. The summed E-state index contributed by atoms with van der Waals surface area (Å²) >= 11 is 5.83. The highest BCUT2D eigenvalue weighted by molar-refractivity contribution is 6.30. The van der Waals surface area contributed by atoms with E-state index in [0.29, 0.717) is 23.4 Å². The zero-order valence-electron chi connectivity index (χ0n) is 11.6. The van der Waals surface area contributed by atoms with Crippen LogP contribution in [0.2, 0.25) is 5.02 Å². The third-order valence-corrected chi connectivity index (χ3v) is 3.80. The molecule has 18 heavy (non-hydrogen) atoms. The molecule has 0 aliphatic heterocycles. The number of rotatable bonds is 6. The second-order valence-electron chi connectivity index (χ2n) is 5.17. The molecule has 3 heteroatoms. The van der Waals surface area contributed by atoms with Crippen molar-refractivity contribution < 1.29 is 4.39 Å². The summed E-state index contributed by atoms with van der Waals surface area (Å²) in [5.41, 5.74) is 0.714. The van der Waals surface area contributed by atoms with E-state index in [1.54, 1.807) is 6.07 Å². The number of nitrogens with one attached hydrogen (secondary N) is 1. The lowest BCUT2D eigenvalue weighted by atomic mass is 9.84. The number of benzene rings is 1. The Morgan fingerprint density at radius 3 is 2.50 bits per heavy atom. The van der Waals surface area contributed by atoms with Gasteiger partial charge in [0.15, 0.2) is 0 Å². The van der Waals surface area contributed by atoms with Crippen molar-refractivity contribution in [2.75, 3.05) is 6.54 Å². The number of hydrogen-bond donors (Lipinski definition) is 1. The first-order valence-electron chi connectivity index (χ1n) is 6.63. The minimum atomic E-state index is -0.270. The Morgan fingerprint density at radius 1 is 1.28 bits per heavy atom. The summed E-state index contributed by atoms with van der Waals surface area (Å²) in [6, 6.07) is 5.61. The Balaban J connectivity index is 2.86. The van der Waals surface area contributed by atoms with Gasteiger partial charge >= 0.3 is 0 Å². The van der Waals surface area contributed by atoms with Gasteiger partial charge in [0.2, 0.25) is 0 Å². The molecule has 0 aliphatic carbocycles. The van der Waals surface area contributed by atoms with Crippen molar-refractivity contribution in [2.24, 2.45) is 11.8 Å². The van der Waals surface area contributed by atoms with Crippen LogP contribution in [0.3, 0.4) is 0 Å². The molecule has 102 valence electrons. The summed E-state index contributed by atoms with van der Waals surface area (Å²) in [4.78, 5) is 0. The highest BCUT2D eigenvalue weighted by Gasteiger charge is 2.22. The molecule has 2 atom stereocenters.